The third-order valence-electron chi connectivity index (χ3n) is 6.64. The van der Waals surface area contributed by atoms with Crippen LogP contribution in [-0.4, -0.2) is 75.9 Å². The van der Waals surface area contributed by atoms with Gasteiger partial charge in [0.2, 0.25) is 5.91 Å². The molecule has 2 aromatic heterocycles. The van der Waals surface area contributed by atoms with E-state index in [4.69, 9.17) is 4.74 Å². The molecule has 2 aliphatic rings. The Balaban J connectivity index is 1.27. The van der Waals surface area contributed by atoms with Gasteiger partial charge in [-0.2, -0.15) is 0 Å². The molecule has 0 saturated carbocycles. The van der Waals surface area contributed by atoms with Crippen LogP contribution < -0.4 is 10.6 Å². The van der Waals surface area contributed by atoms with Crippen LogP contribution in [0.4, 0.5) is 5.82 Å². The van der Waals surface area contributed by atoms with Crippen LogP contribution in [0, 0.1) is 0 Å². The van der Waals surface area contributed by atoms with Gasteiger partial charge in [0.05, 0.1) is 12.9 Å². The van der Waals surface area contributed by atoms with Crippen LogP contribution in [0.15, 0.2) is 83.1 Å². The van der Waals surface area contributed by atoms with Gasteiger partial charge in [0.25, 0.3) is 0 Å². The number of nitrogens with zero attached hydrogens (tertiary/aromatic N) is 4. The molecule has 5 N–H and O–H groups in total. The molecule has 2 saturated heterocycles. The summed E-state index contributed by atoms with van der Waals surface area (Å²) in [5.41, 5.74) is 0.781. The molecule has 39 heavy (non-hydrogen) atoms. The number of hydrogen-bond acceptors (Lipinski definition) is 11. The van der Waals surface area contributed by atoms with Crippen molar-refractivity contribution in [2.24, 2.45) is 0 Å². The Morgan fingerprint density at radius 2 is 1.67 bits per heavy atom. The molecule has 2 aliphatic heterocycles. The van der Waals surface area contributed by atoms with Crippen molar-refractivity contribution in [3.05, 3.63) is 73.3 Å². The maximum Gasteiger partial charge on any atom is 0.248 e. The predicted octanol–water partition coefficient (Wildman–Crippen LogP) is 1.98. The molecule has 202 valence electrons. The number of fused-ring (bicyclic) bond motifs is 1. The van der Waals surface area contributed by atoms with E-state index in [1.165, 1.54) is 40.7 Å². The second kappa shape index (κ2) is 10.8. The summed E-state index contributed by atoms with van der Waals surface area (Å²) in [5, 5.41) is 36.5. The Bertz CT molecular complexity index is 1420. The number of rotatable bonds is 8. The fraction of sp³-hybridized carbons (Fsp3) is 0.308. The molecule has 0 aliphatic carbocycles. The van der Waals surface area contributed by atoms with Gasteiger partial charge >= 0.3 is 0 Å². The van der Waals surface area contributed by atoms with E-state index in [0.717, 1.165) is 9.79 Å². The first kappa shape index (κ1) is 26.0. The minimum Gasteiger partial charge on any atom is -0.394 e. The van der Waals surface area contributed by atoms with Gasteiger partial charge in [0, 0.05) is 16.2 Å². The lowest BCUT2D eigenvalue weighted by Crippen LogP contribution is -2.35. The lowest BCUT2D eigenvalue weighted by atomic mass is 10.1. The Hall–Kier alpha value is -3.20. The molecule has 4 aromatic rings. The van der Waals surface area contributed by atoms with E-state index in [-0.39, 0.29) is 5.91 Å². The Morgan fingerprint density at radius 1 is 1.00 bits per heavy atom. The molecule has 0 spiro atoms. The van der Waals surface area contributed by atoms with Gasteiger partial charge in [-0.3, -0.25) is 9.36 Å². The summed E-state index contributed by atoms with van der Waals surface area (Å²) in [6.45, 7) is -0.436. The quantitative estimate of drug-likeness (QED) is 0.199. The second-order valence-electron chi connectivity index (χ2n) is 9.23. The summed E-state index contributed by atoms with van der Waals surface area (Å²) in [5.74, 6) is 0.297. The largest absolute Gasteiger partial charge is 0.394 e. The third-order valence-corrected chi connectivity index (χ3v) is 9.52. The van der Waals surface area contributed by atoms with Crippen molar-refractivity contribution in [3.8, 4) is 0 Å². The van der Waals surface area contributed by atoms with E-state index in [1.807, 2.05) is 60.7 Å². The summed E-state index contributed by atoms with van der Waals surface area (Å²) in [6, 6.07) is 19.7. The molecule has 2 fully saturated rings. The number of thioether (sulfide) groups is 2. The summed E-state index contributed by atoms with van der Waals surface area (Å²) in [6.07, 6.45) is -1.62. The Morgan fingerprint density at radius 3 is 2.28 bits per heavy atom. The normalized spacial score (nSPS) is 26.1. The highest BCUT2D eigenvalue weighted by Gasteiger charge is 2.49. The molecule has 4 heterocycles. The van der Waals surface area contributed by atoms with Crippen LogP contribution in [0.3, 0.4) is 0 Å². The van der Waals surface area contributed by atoms with Crippen molar-refractivity contribution < 1.29 is 24.9 Å². The van der Waals surface area contributed by atoms with Gasteiger partial charge in [-0.25, -0.2) is 15.0 Å². The number of ether oxygens (including phenoxy) is 1. The zero-order valence-electron chi connectivity index (χ0n) is 20.5. The van der Waals surface area contributed by atoms with Crippen molar-refractivity contribution in [1.29, 1.82) is 0 Å². The fourth-order valence-corrected chi connectivity index (χ4v) is 7.64. The number of amides is 1. The van der Waals surface area contributed by atoms with Crippen LogP contribution in [0.5, 0.6) is 0 Å². The van der Waals surface area contributed by atoms with Gasteiger partial charge in [-0.15, -0.1) is 0 Å². The third kappa shape index (κ3) is 4.97. The van der Waals surface area contributed by atoms with Gasteiger partial charge in [-0.1, -0.05) is 59.9 Å². The van der Waals surface area contributed by atoms with E-state index in [9.17, 15) is 20.1 Å². The number of carbonyl (C=O) groups excluding carboxylic acids is 1. The monoisotopic (exact) mass is 566 g/mol. The molecule has 1 amide bonds. The number of aliphatic hydroxyl groups is 3. The molecule has 6 rings (SSSR count). The summed E-state index contributed by atoms with van der Waals surface area (Å²) in [4.78, 5) is 28.6. The first-order valence-electron chi connectivity index (χ1n) is 12.3. The number of nitrogens with one attached hydrogen (secondary N) is 2. The van der Waals surface area contributed by atoms with Crippen LogP contribution in [0.25, 0.3) is 11.2 Å². The van der Waals surface area contributed by atoms with Gasteiger partial charge in [0.1, 0.15) is 30.8 Å². The number of carbonyl (C=O) groups is 1. The number of imidazole rings is 1. The summed E-state index contributed by atoms with van der Waals surface area (Å²) in [7, 11) is 0. The zero-order chi connectivity index (χ0) is 27.0. The number of anilines is 1. The van der Waals surface area contributed by atoms with Crippen LogP contribution >= 0.6 is 23.5 Å². The summed E-state index contributed by atoms with van der Waals surface area (Å²) < 4.78 is 6.31. The molecule has 1 unspecified atom stereocenters. The molecule has 13 heteroatoms. The van der Waals surface area contributed by atoms with E-state index in [1.54, 1.807) is 0 Å². The lowest BCUT2D eigenvalue weighted by molar-refractivity contribution is -0.119. The average Bonchev–Trinajstić information content (AvgIpc) is 3.59. The summed E-state index contributed by atoms with van der Waals surface area (Å²) >= 11 is 3.03. The minimum atomic E-state index is -1.27. The van der Waals surface area contributed by atoms with E-state index >= 15 is 0 Å². The molecule has 5 atom stereocenters. The maximum atomic E-state index is 13.5. The molecular formula is C26H26N6O5S2. The molecule has 11 nitrogen and oxygen atoms in total. The van der Waals surface area contributed by atoms with Crippen molar-refractivity contribution in [2.45, 2.75) is 51.0 Å². The first-order valence-corrected chi connectivity index (χ1v) is 14.0. The number of aromatic nitrogens is 4. The number of hydrogen-bond donors (Lipinski definition) is 5. The smallest absolute Gasteiger partial charge is 0.248 e. The van der Waals surface area contributed by atoms with Gasteiger partial charge < -0.3 is 30.7 Å². The van der Waals surface area contributed by atoms with E-state index in [2.05, 4.69) is 25.6 Å². The molecular weight excluding hydrogens is 540 g/mol. The van der Waals surface area contributed by atoms with E-state index in [0.29, 0.717) is 23.4 Å². The van der Waals surface area contributed by atoms with Crippen molar-refractivity contribution in [2.75, 3.05) is 11.9 Å². The zero-order valence-corrected chi connectivity index (χ0v) is 22.1. The van der Waals surface area contributed by atoms with Crippen LogP contribution in [0.2, 0.25) is 0 Å². The van der Waals surface area contributed by atoms with Gasteiger partial charge in [-0.05, 0) is 24.3 Å². The molecule has 2 aromatic carbocycles. The Labute approximate surface area is 232 Å². The second-order valence-corrected chi connectivity index (χ2v) is 12.2. The topological polar surface area (TPSA) is 155 Å². The van der Waals surface area contributed by atoms with Crippen LogP contribution in [0.1, 0.15) is 12.6 Å². The van der Waals surface area contributed by atoms with Crippen LogP contribution in [-0.2, 0) is 9.53 Å². The first-order chi connectivity index (χ1) is 19.0. The van der Waals surface area contributed by atoms with Crippen molar-refractivity contribution in [1.82, 2.24) is 24.8 Å². The lowest BCUT2D eigenvalue weighted by Gasteiger charge is -2.25. The standard InChI is InChI=1S/C26H26N6O5S2/c33-12-17-20(34)21(35)24(37-17)32-14-29-19-22(27-13-28-23(19)32)30-18-11-26(25(36)31-18,38-15-7-3-1-4-8-15)39-16-9-5-2-6-10-16/h1-10,13-14,17-18,20-21,24,33-35H,11-12H2,(H,31,36)(H,27,28,30)/t17-,18?,20-,21-,24-/m1/s1. The highest BCUT2D eigenvalue weighted by atomic mass is 32.2. The minimum absolute atomic E-state index is 0.106. The SMILES string of the molecule is O=C1NC(Nc2ncnc3c2ncn3[C@@H]2O[C@H](CO)[C@@H](O)[C@H]2O)CC1(Sc1ccccc1)Sc1ccccc1. The highest BCUT2D eigenvalue weighted by molar-refractivity contribution is 8.19. The number of benzene rings is 2. The maximum absolute atomic E-state index is 13.5. The molecule has 0 radical (unpaired) electrons. The van der Waals surface area contributed by atoms with Crippen molar-refractivity contribution >= 4 is 46.4 Å². The van der Waals surface area contributed by atoms with E-state index < -0.39 is 41.4 Å². The number of aliphatic hydroxyl groups excluding tert-OH is 3. The fourth-order valence-electron chi connectivity index (χ4n) is 4.74. The Kier molecular flexibility index (Phi) is 7.18. The molecule has 0 bridgehead atoms. The average molecular weight is 567 g/mol. The highest BCUT2D eigenvalue weighted by Crippen LogP contribution is 2.51. The predicted molar refractivity (Wildman–Crippen MR) is 146 cm³/mol. The van der Waals surface area contributed by atoms with Gasteiger partial charge in [0.15, 0.2) is 27.3 Å². The van der Waals surface area contributed by atoms with Crippen molar-refractivity contribution in [3.63, 3.8) is 0 Å².